The van der Waals surface area contributed by atoms with E-state index in [4.69, 9.17) is 4.74 Å². The highest BCUT2D eigenvalue weighted by molar-refractivity contribution is 5.73. The van der Waals surface area contributed by atoms with Crippen LogP contribution in [0.25, 0.3) is 0 Å². The van der Waals surface area contributed by atoms with Gasteiger partial charge in [-0.05, 0) is 6.92 Å². The summed E-state index contributed by atoms with van der Waals surface area (Å²) < 4.78 is 49.7. The predicted molar refractivity (Wildman–Crippen MR) is 60.6 cm³/mol. The highest BCUT2D eigenvalue weighted by atomic mass is 19.4. The maximum atomic E-state index is 12.2. The first-order valence-corrected chi connectivity index (χ1v) is 5.48. The van der Waals surface area contributed by atoms with Gasteiger partial charge >= 0.3 is 12.3 Å². The van der Waals surface area contributed by atoms with Crippen molar-refractivity contribution in [1.82, 2.24) is 4.98 Å². The lowest BCUT2D eigenvalue weighted by atomic mass is 10.2. The highest BCUT2D eigenvalue weighted by Crippen LogP contribution is 2.32. The number of hydrogen-bond acceptors (Lipinski definition) is 5. The van der Waals surface area contributed by atoms with Crippen LogP contribution in [0.2, 0.25) is 0 Å². The van der Waals surface area contributed by atoms with Gasteiger partial charge in [0.05, 0.1) is 20.1 Å². The first-order chi connectivity index (χ1) is 9.26. The fourth-order valence-corrected chi connectivity index (χ4v) is 1.48. The monoisotopic (exact) mass is 295 g/mol. The predicted octanol–water partition coefficient (Wildman–Crippen LogP) is 1.39. The smallest absolute Gasteiger partial charge is 0.491 e. The molecule has 0 spiro atoms. The van der Waals surface area contributed by atoms with E-state index in [1.54, 1.807) is 6.92 Å². The minimum absolute atomic E-state index is 0.0612. The maximum absolute atomic E-state index is 12.2. The van der Waals surface area contributed by atoms with Crippen molar-refractivity contribution >= 4 is 5.97 Å². The number of pyridine rings is 1. The Labute approximate surface area is 111 Å². The summed E-state index contributed by atoms with van der Waals surface area (Å²) in [7, 11) is 1.09. The van der Waals surface area contributed by atoms with Crippen molar-refractivity contribution in [3.05, 3.63) is 22.0 Å². The first kappa shape index (κ1) is 15.9. The highest BCUT2D eigenvalue weighted by Gasteiger charge is 2.34. The Balaban J connectivity index is 3.17. The van der Waals surface area contributed by atoms with Crippen molar-refractivity contribution in [3.8, 4) is 11.6 Å². The number of aromatic amines is 1. The van der Waals surface area contributed by atoms with Crippen LogP contribution in [-0.2, 0) is 16.0 Å². The van der Waals surface area contributed by atoms with Gasteiger partial charge in [-0.2, -0.15) is 0 Å². The van der Waals surface area contributed by atoms with Gasteiger partial charge in [0.25, 0.3) is 5.56 Å². The largest absolute Gasteiger partial charge is 0.574 e. The zero-order valence-corrected chi connectivity index (χ0v) is 10.7. The van der Waals surface area contributed by atoms with Crippen LogP contribution < -0.4 is 15.0 Å². The third-order valence-electron chi connectivity index (χ3n) is 2.10. The van der Waals surface area contributed by atoms with Gasteiger partial charge in [0.2, 0.25) is 5.88 Å². The molecule has 0 saturated heterocycles. The number of aromatic nitrogens is 1. The standard InChI is InChI=1S/C11H12F3NO5/c1-3-19-8(17)5-6-4-7(16)15-10(9(6)18-2)20-11(12,13)14/h4H,3,5H2,1-2H3,(H,15,16). The second-order valence-electron chi connectivity index (χ2n) is 3.55. The van der Waals surface area contributed by atoms with Crippen LogP contribution in [0.15, 0.2) is 10.9 Å². The molecule has 9 heteroatoms. The van der Waals surface area contributed by atoms with Crippen LogP contribution in [0.3, 0.4) is 0 Å². The lowest BCUT2D eigenvalue weighted by Crippen LogP contribution is -2.22. The topological polar surface area (TPSA) is 77.6 Å². The number of esters is 1. The molecule has 0 aliphatic rings. The lowest BCUT2D eigenvalue weighted by Gasteiger charge is -2.14. The van der Waals surface area contributed by atoms with E-state index < -0.39 is 30.2 Å². The van der Waals surface area contributed by atoms with Crippen LogP contribution in [0.5, 0.6) is 11.6 Å². The molecular weight excluding hydrogens is 283 g/mol. The minimum atomic E-state index is -5.00. The first-order valence-electron chi connectivity index (χ1n) is 5.48. The van der Waals surface area contributed by atoms with Gasteiger partial charge in [0.1, 0.15) is 0 Å². The summed E-state index contributed by atoms with van der Waals surface area (Å²) in [4.78, 5) is 24.5. The van der Waals surface area contributed by atoms with Crippen LogP contribution in [0, 0.1) is 0 Å². The summed E-state index contributed by atoms with van der Waals surface area (Å²) in [5, 5.41) is 0. The van der Waals surface area contributed by atoms with Crippen LogP contribution in [0.4, 0.5) is 13.2 Å². The number of carbonyl (C=O) groups excluding carboxylic acids is 1. The molecule has 0 aliphatic heterocycles. The van der Waals surface area contributed by atoms with Crippen molar-refractivity contribution in [3.63, 3.8) is 0 Å². The molecule has 0 unspecified atom stereocenters. The van der Waals surface area contributed by atoms with Crippen molar-refractivity contribution in [2.45, 2.75) is 19.7 Å². The molecule has 0 aromatic carbocycles. The van der Waals surface area contributed by atoms with Crippen molar-refractivity contribution in [2.24, 2.45) is 0 Å². The van der Waals surface area contributed by atoms with Gasteiger partial charge in [0, 0.05) is 11.6 Å². The van der Waals surface area contributed by atoms with E-state index in [1.165, 1.54) is 0 Å². The molecular formula is C11H12F3NO5. The molecule has 0 amide bonds. The third-order valence-corrected chi connectivity index (χ3v) is 2.10. The van der Waals surface area contributed by atoms with Gasteiger partial charge < -0.3 is 14.2 Å². The van der Waals surface area contributed by atoms with Crippen molar-refractivity contribution in [1.29, 1.82) is 0 Å². The molecule has 0 radical (unpaired) electrons. The van der Waals surface area contributed by atoms with E-state index in [1.807, 2.05) is 4.98 Å². The van der Waals surface area contributed by atoms with Gasteiger partial charge in [-0.3, -0.25) is 14.6 Å². The quantitative estimate of drug-likeness (QED) is 0.831. The molecule has 1 aromatic rings. The molecule has 1 N–H and O–H groups in total. The summed E-state index contributed by atoms with van der Waals surface area (Å²) in [5.41, 5.74) is -0.918. The van der Waals surface area contributed by atoms with E-state index in [-0.39, 0.29) is 17.9 Å². The SMILES string of the molecule is CCOC(=O)Cc1cc(=O)[nH]c(OC(F)(F)F)c1OC. The summed E-state index contributed by atoms with van der Waals surface area (Å²) in [6.45, 7) is 1.68. The fraction of sp³-hybridized carbons (Fsp3) is 0.455. The average molecular weight is 295 g/mol. The molecule has 112 valence electrons. The van der Waals surface area contributed by atoms with Gasteiger partial charge in [-0.25, -0.2) is 0 Å². The Hall–Kier alpha value is -2.19. The molecule has 6 nitrogen and oxygen atoms in total. The molecule has 0 bridgehead atoms. The average Bonchev–Trinajstić information content (AvgIpc) is 2.26. The van der Waals surface area contributed by atoms with E-state index in [9.17, 15) is 22.8 Å². The Morgan fingerprint density at radius 3 is 2.55 bits per heavy atom. The Kier molecular flexibility index (Phi) is 5.00. The Morgan fingerprint density at radius 2 is 2.05 bits per heavy atom. The molecule has 1 aromatic heterocycles. The molecule has 0 saturated carbocycles. The van der Waals surface area contributed by atoms with Crippen molar-refractivity contribution < 1.29 is 32.2 Å². The van der Waals surface area contributed by atoms with Gasteiger partial charge in [0.15, 0.2) is 5.75 Å². The van der Waals surface area contributed by atoms with Crippen LogP contribution in [0.1, 0.15) is 12.5 Å². The van der Waals surface area contributed by atoms with Crippen LogP contribution >= 0.6 is 0 Å². The zero-order valence-electron chi connectivity index (χ0n) is 10.7. The van der Waals surface area contributed by atoms with E-state index >= 15 is 0 Å². The minimum Gasteiger partial charge on any atom is -0.491 e. The number of nitrogens with one attached hydrogen (secondary N) is 1. The van der Waals surface area contributed by atoms with E-state index in [0.29, 0.717) is 0 Å². The number of rotatable bonds is 5. The van der Waals surface area contributed by atoms with Gasteiger partial charge in [-0.15, -0.1) is 13.2 Å². The molecule has 20 heavy (non-hydrogen) atoms. The number of ether oxygens (including phenoxy) is 3. The Morgan fingerprint density at radius 1 is 1.40 bits per heavy atom. The molecule has 0 fully saturated rings. The second kappa shape index (κ2) is 6.31. The summed E-state index contributed by atoms with van der Waals surface area (Å²) in [6, 6.07) is 0.943. The lowest BCUT2D eigenvalue weighted by molar-refractivity contribution is -0.276. The number of halogens is 3. The number of hydrogen-bond donors (Lipinski definition) is 1. The molecule has 0 aliphatic carbocycles. The number of methoxy groups -OCH3 is 1. The van der Waals surface area contributed by atoms with Gasteiger partial charge in [-0.1, -0.05) is 0 Å². The summed E-state index contributed by atoms with van der Waals surface area (Å²) in [6.07, 6.45) is -5.41. The number of H-pyrrole nitrogens is 1. The van der Waals surface area contributed by atoms with E-state index in [2.05, 4.69) is 9.47 Å². The summed E-state index contributed by atoms with van der Waals surface area (Å²) >= 11 is 0. The molecule has 0 atom stereocenters. The normalized spacial score (nSPS) is 11.1. The zero-order chi connectivity index (χ0) is 15.3. The second-order valence-corrected chi connectivity index (χ2v) is 3.55. The van der Waals surface area contributed by atoms with Crippen LogP contribution in [-0.4, -0.2) is 31.0 Å². The third kappa shape index (κ3) is 4.48. The molecule has 1 heterocycles. The van der Waals surface area contributed by atoms with Crippen molar-refractivity contribution in [2.75, 3.05) is 13.7 Å². The number of alkyl halides is 3. The fourth-order valence-electron chi connectivity index (χ4n) is 1.48. The summed E-state index contributed by atoms with van der Waals surface area (Å²) in [5.74, 6) is -1.99. The molecule has 1 rings (SSSR count). The Bertz CT molecular complexity index is 538. The number of carbonyl (C=O) groups is 1. The van der Waals surface area contributed by atoms with E-state index in [0.717, 1.165) is 13.2 Å². The maximum Gasteiger partial charge on any atom is 0.574 e.